The number of hydrogen-bond acceptors (Lipinski definition) is 4. The van der Waals surface area contributed by atoms with Crippen molar-refractivity contribution in [2.75, 3.05) is 11.9 Å². The number of aromatic nitrogens is 1. The van der Waals surface area contributed by atoms with Crippen LogP contribution in [-0.4, -0.2) is 28.2 Å². The SMILES string of the molecule is CC(=O)Nc1nc(C(=O)N2CCc3ccccc3[C@@H]2Cc2ccccc2)cs1. The van der Waals surface area contributed by atoms with Crippen molar-refractivity contribution in [1.29, 1.82) is 0 Å². The summed E-state index contributed by atoms with van der Waals surface area (Å²) in [4.78, 5) is 30.8. The van der Waals surface area contributed by atoms with Gasteiger partial charge in [0.05, 0.1) is 6.04 Å². The maximum atomic E-state index is 13.3. The van der Waals surface area contributed by atoms with Crippen LogP contribution in [0.15, 0.2) is 60.0 Å². The van der Waals surface area contributed by atoms with E-state index in [-0.39, 0.29) is 17.9 Å². The van der Waals surface area contributed by atoms with Gasteiger partial charge in [-0.3, -0.25) is 9.59 Å². The van der Waals surface area contributed by atoms with Gasteiger partial charge in [0.2, 0.25) is 5.91 Å². The van der Waals surface area contributed by atoms with E-state index >= 15 is 0 Å². The molecule has 5 nitrogen and oxygen atoms in total. The number of amides is 2. The van der Waals surface area contributed by atoms with Crippen LogP contribution in [0.25, 0.3) is 0 Å². The lowest BCUT2D eigenvalue weighted by Crippen LogP contribution is -2.41. The Morgan fingerprint density at radius 2 is 1.89 bits per heavy atom. The van der Waals surface area contributed by atoms with Gasteiger partial charge in [-0.25, -0.2) is 4.98 Å². The molecular weight excluding hydrogens is 370 g/mol. The molecule has 0 radical (unpaired) electrons. The van der Waals surface area contributed by atoms with E-state index in [0.717, 1.165) is 12.8 Å². The first-order valence-electron chi connectivity index (χ1n) is 9.27. The second-order valence-corrected chi connectivity index (χ2v) is 7.73. The van der Waals surface area contributed by atoms with Gasteiger partial charge in [0.1, 0.15) is 5.69 Å². The third-order valence-corrected chi connectivity index (χ3v) is 5.71. The predicted octanol–water partition coefficient (Wildman–Crippen LogP) is 4.08. The Labute approximate surface area is 168 Å². The van der Waals surface area contributed by atoms with Crippen LogP contribution in [0.1, 0.15) is 40.1 Å². The van der Waals surface area contributed by atoms with Crippen molar-refractivity contribution in [3.8, 4) is 0 Å². The molecule has 0 aliphatic carbocycles. The van der Waals surface area contributed by atoms with Crippen LogP contribution in [0.4, 0.5) is 5.13 Å². The van der Waals surface area contributed by atoms with Crippen LogP contribution in [-0.2, 0) is 17.6 Å². The highest BCUT2D eigenvalue weighted by atomic mass is 32.1. The van der Waals surface area contributed by atoms with E-state index in [4.69, 9.17) is 0 Å². The second-order valence-electron chi connectivity index (χ2n) is 6.87. The lowest BCUT2D eigenvalue weighted by molar-refractivity contribution is -0.114. The fourth-order valence-corrected chi connectivity index (χ4v) is 4.41. The molecule has 0 bridgehead atoms. The first-order chi connectivity index (χ1) is 13.6. The zero-order chi connectivity index (χ0) is 19.5. The lowest BCUT2D eigenvalue weighted by Gasteiger charge is -2.37. The number of hydrogen-bond donors (Lipinski definition) is 1. The van der Waals surface area contributed by atoms with E-state index in [1.807, 2.05) is 29.2 Å². The zero-order valence-electron chi connectivity index (χ0n) is 15.6. The molecule has 1 aliphatic rings. The van der Waals surface area contributed by atoms with Crippen molar-refractivity contribution in [2.45, 2.75) is 25.8 Å². The van der Waals surface area contributed by atoms with Crippen LogP contribution in [0, 0.1) is 0 Å². The molecule has 2 aromatic carbocycles. The Kier molecular flexibility index (Phi) is 5.21. The zero-order valence-corrected chi connectivity index (χ0v) is 16.4. The van der Waals surface area contributed by atoms with Gasteiger partial charge in [-0.15, -0.1) is 11.3 Å². The molecule has 1 aliphatic heterocycles. The van der Waals surface area contributed by atoms with Crippen LogP contribution >= 0.6 is 11.3 Å². The Morgan fingerprint density at radius 1 is 1.14 bits per heavy atom. The van der Waals surface area contributed by atoms with Gasteiger partial charge in [-0.05, 0) is 29.5 Å². The van der Waals surface area contributed by atoms with Crippen molar-refractivity contribution in [1.82, 2.24) is 9.88 Å². The Hall–Kier alpha value is -2.99. The Bertz CT molecular complexity index is 1000. The number of fused-ring (bicyclic) bond motifs is 1. The highest BCUT2D eigenvalue weighted by molar-refractivity contribution is 7.14. The summed E-state index contributed by atoms with van der Waals surface area (Å²) in [5, 5.41) is 4.82. The molecule has 28 heavy (non-hydrogen) atoms. The third-order valence-electron chi connectivity index (χ3n) is 4.95. The van der Waals surface area contributed by atoms with Crippen molar-refractivity contribution in [2.24, 2.45) is 0 Å². The minimum atomic E-state index is -0.192. The first kappa shape index (κ1) is 18.4. The Balaban J connectivity index is 1.65. The quantitative estimate of drug-likeness (QED) is 0.729. The number of anilines is 1. The molecule has 1 N–H and O–H groups in total. The number of nitrogens with zero attached hydrogens (tertiary/aromatic N) is 2. The standard InChI is InChI=1S/C22H21N3O2S/c1-15(26)23-22-24-19(14-28-22)21(27)25-12-11-17-9-5-6-10-18(17)20(25)13-16-7-3-2-4-8-16/h2-10,14,20H,11-13H2,1H3,(H,23,24,26)/t20-/m0/s1. The summed E-state index contributed by atoms with van der Waals surface area (Å²) >= 11 is 1.27. The molecule has 4 rings (SSSR count). The summed E-state index contributed by atoms with van der Waals surface area (Å²) in [7, 11) is 0. The summed E-state index contributed by atoms with van der Waals surface area (Å²) in [5.74, 6) is -0.287. The lowest BCUT2D eigenvalue weighted by atomic mass is 9.88. The maximum Gasteiger partial charge on any atom is 0.273 e. The van der Waals surface area contributed by atoms with Gasteiger partial charge in [0, 0.05) is 18.8 Å². The molecule has 0 saturated heterocycles. The molecular formula is C22H21N3O2S. The molecule has 0 unspecified atom stereocenters. The topological polar surface area (TPSA) is 62.3 Å². The van der Waals surface area contributed by atoms with Gasteiger partial charge in [-0.1, -0.05) is 54.6 Å². The molecule has 0 fully saturated rings. The Morgan fingerprint density at radius 3 is 2.68 bits per heavy atom. The van der Waals surface area contributed by atoms with E-state index in [9.17, 15) is 9.59 Å². The highest BCUT2D eigenvalue weighted by Crippen LogP contribution is 2.34. The summed E-state index contributed by atoms with van der Waals surface area (Å²) < 4.78 is 0. The van der Waals surface area contributed by atoms with Crippen molar-refractivity contribution in [3.05, 3.63) is 82.4 Å². The first-order valence-corrected chi connectivity index (χ1v) is 10.2. The van der Waals surface area contributed by atoms with Crippen molar-refractivity contribution < 1.29 is 9.59 Å². The summed E-state index contributed by atoms with van der Waals surface area (Å²) in [6.45, 7) is 2.08. The van der Waals surface area contributed by atoms with Gasteiger partial charge < -0.3 is 10.2 Å². The number of rotatable bonds is 4. The van der Waals surface area contributed by atoms with Gasteiger partial charge in [0.25, 0.3) is 5.91 Å². The molecule has 1 atom stereocenters. The number of benzene rings is 2. The minimum absolute atomic E-state index is 0.0363. The van der Waals surface area contributed by atoms with E-state index in [1.54, 1.807) is 5.38 Å². The fourth-order valence-electron chi connectivity index (χ4n) is 3.68. The number of carbonyl (C=O) groups is 2. The average molecular weight is 391 g/mol. The van der Waals surface area contributed by atoms with Crippen LogP contribution in [0.2, 0.25) is 0 Å². The molecule has 142 valence electrons. The van der Waals surface area contributed by atoms with Crippen LogP contribution in [0.3, 0.4) is 0 Å². The van der Waals surface area contributed by atoms with Crippen molar-refractivity contribution in [3.63, 3.8) is 0 Å². The van der Waals surface area contributed by atoms with Gasteiger partial charge in [0.15, 0.2) is 5.13 Å². The van der Waals surface area contributed by atoms with Gasteiger partial charge in [-0.2, -0.15) is 0 Å². The molecule has 2 amide bonds. The maximum absolute atomic E-state index is 13.3. The van der Waals surface area contributed by atoms with E-state index in [0.29, 0.717) is 17.4 Å². The largest absolute Gasteiger partial charge is 0.330 e. The predicted molar refractivity (Wildman–Crippen MR) is 110 cm³/mol. The highest BCUT2D eigenvalue weighted by Gasteiger charge is 2.32. The summed E-state index contributed by atoms with van der Waals surface area (Å²) in [6.07, 6.45) is 1.59. The molecule has 0 saturated carbocycles. The number of thiazole rings is 1. The molecule has 1 aromatic heterocycles. The molecule has 6 heteroatoms. The molecule has 2 heterocycles. The average Bonchev–Trinajstić information content (AvgIpc) is 3.16. The minimum Gasteiger partial charge on any atom is -0.330 e. The van der Waals surface area contributed by atoms with Crippen LogP contribution in [0.5, 0.6) is 0 Å². The third kappa shape index (κ3) is 3.82. The van der Waals surface area contributed by atoms with Crippen molar-refractivity contribution >= 4 is 28.3 Å². The fraction of sp³-hybridized carbons (Fsp3) is 0.227. The van der Waals surface area contributed by atoms with E-state index < -0.39 is 0 Å². The summed E-state index contributed by atoms with van der Waals surface area (Å²) in [5.41, 5.74) is 4.07. The summed E-state index contributed by atoms with van der Waals surface area (Å²) in [6, 6.07) is 18.5. The molecule has 0 spiro atoms. The molecule has 3 aromatic rings. The van der Waals surface area contributed by atoms with E-state index in [1.165, 1.54) is 35.0 Å². The normalized spacial score (nSPS) is 15.8. The van der Waals surface area contributed by atoms with Crippen LogP contribution < -0.4 is 5.32 Å². The number of nitrogens with one attached hydrogen (secondary N) is 1. The van der Waals surface area contributed by atoms with E-state index in [2.05, 4.69) is 40.6 Å². The smallest absolute Gasteiger partial charge is 0.273 e. The monoisotopic (exact) mass is 391 g/mol. The second kappa shape index (κ2) is 7.94. The van der Waals surface area contributed by atoms with Gasteiger partial charge >= 0.3 is 0 Å². The number of carbonyl (C=O) groups excluding carboxylic acids is 2.